The summed E-state index contributed by atoms with van der Waals surface area (Å²) in [6.45, 7) is 2.75. The number of nitrogens with zero attached hydrogens (tertiary/aromatic N) is 1. The van der Waals surface area contributed by atoms with Gasteiger partial charge >= 0.3 is 6.09 Å². The molecule has 90 valence electrons. The van der Waals surface area contributed by atoms with Crippen LogP contribution in [0.5, 0.6) is 0 Å². The summed E-state index contributed by atoms with van der Waals surface area (Å²) in [5, 5.41) is 9.23. The lowest BCUT2D eigenvalue weighted by Gasteiger charge is -2.46. The summed E-state index contributed by atoms with van der Waals surface area (Å²) in [6.07, 6.45) is 1.71. The molecule has 1 N–H and O–H groups in total. The van der Waals surface area contributed by atoms with Crippen LogP contribution in [0.25, 0.3) is 0 Å². The van der Waals surface area contributed by atoms with Crippen LogP contribution in [0.15, 0.2) is 0 Å². The third kappa shape index (κ3) is 1.80. The average Bonchev–Trinajstić information content (AvgIpc) is 2.69. The molecule has 1 heterocycles. The van der Waals surface area contributed by atoms with Crippen LogP contribution in [0, 0.1) is 11.3 Å². The van der Waals surface area contributed by atoms with Gasteiger partial charge in [-0.3, -0.25) is 4.79 Å². The van der Waals surface area contributed by atoms with Gasteiger partial charge in [0, 0.05) is 13.0 Å². The number of rotatable bonds is 3. The van der Waals surface area contributed by atoms with Gasteiger partial charge in [-0.15, -0.1) is 0 Å². The molecule has 5 heteroatoms. The molecule has 1 saturated carbocycles. The Hall–Kier alpha value is -1.10. The minimum Gasteiger partial charge on any atom is -0.447 e. The lowest BCUT2D eigenvalue weighted by Crippen LogP contribution is -2.44. The van der Waals surface area contributed by atoms with Gasteiger partial charge in [0.15, 0.2) is 0 Å². The largest absolute Gasteiger partial charge is 0.447 e. The van der Waals surface area contributed by atoms with Crippen molar-refractivity contribution in [3.8, 4) is 0 Å². The van der Waals surface area contributed by atoms with E-state index in [1.807, 2.05) is 6.92 Å². The third-order valence-electron chi connectivity index (χ3n) is 3.89. The molecule has 5 nitrogen and oxygen atoms in total. The van der Waals surface area contributed by atoms with Crippen molar-refractivity contribution in [2.24, 2.45) is 11.3 Å². The molecular formula is C11H17NO4. The Labute approximate surface area is 94.4 Å². The maximum Gasteiger partial charge on any atom is 0.416 e. The number of ether oxygens (including phenoxy) is 1. The van der Waals surface area contributed by atoms with Crippen molar-refractivity contribution >= 4 is 12.0 Å². The van der Waals surface area contributed by atoms with Gasteiger partial charge in [0.2, 0.25) is 5.91 Å². The third-order valence-corrected chi connectivity index (χ3v) is 3.89. The molecule has 16 heavy (non-hydrogen) atoms. The lowest BCUT2D eigenvalue weighted by molar-refractivity contribution is -0.132. The molecular weight excluding hydrogens is 210 g/mol. The van der Waals surface area contributed by atoms with Crippen molar-refractivity contribution in [2.45, 2.75) is 26.2 Å². The van der Waals surface area contributed by atoms with Gasteiger partial charge < -0.3 is 9.84 Å². The van der Waals surface area contributed by atoms with E-state index < -0.39 is 6.09 Å². The van der Waals surface area contributed by atoms with E-state index in [1.54, 1.807) is 0 Å². The van der Waals surface area contributed by atoms with Crippen LogP contribution in [0.1, 0.15) is 26.2 Å². The second-order valence-electron chi connectivity index (χ2n) is 4.91. The number of carbonyl (C=O) groups is 2. The number of aliphatic hydroxyl groups is 1. The topological polar surface area (TPSA) is 66.8 Å². The van der Waals surface area contributed by atoms with E-state index in [9.17, 15) is 14.7 Å². The molecule has 0 bridgehead atoms. The van der Waals surface area contributed by atoms with Crippen molar-refractivity contribution < 1.29 is 19.4 Å². The number of amides is 2. The molecule has 0 spiro atoms. The van der Waals surface area contributed by atoms with Crippen LogP contribution in [-0.4, -0.2) is 41.8 Å². The summed E-state index contributed by atoms with van der Waals surface area (Å²) in [5.41, 5.74) is -0.140. The summed E-state index contributed by atoms with van der Waals surface area (Å²) in [5.74, 6) is 0.0188. The van der Waals surface area contributed by atoms with Gasteiger partial charge in [-0.1, -0.05) is 6.92 Å². The van der Waals surface area contributed by atoms with Gasteiger partial charge in [0.25, 0.3) is 0 Å². The Morgan fingerprint density at radius 1 is 1.69 bits per heavy atom. The van der Waals surface area contributed by atoms with E-state index in [2.05, 4.69) is 0 Å². The first-order chi connectivity index (χ1) is 7.57. The Morgan fingerprint density at radius 3 is 2.88 bits per heavy atom. The highest BCUT2D eigenvalue weighted by atomic mass is 16.6. The molecule has 2 rings (SSSR count). The molecule has 2 aliphatic rings. The van der Waals surface area contributed by atoms with Crippen LogP contribution in [0.4, 0.5) is 4.79 Å². The highest BCUT2D eigenvalue weighted by molar-refractivity contribution is 5.93. The Kier molecular flexibility index (Phi) is 2.88. The first kappa shape index (κ1) is 11.4. The standard InChI is InChI=1S/C11H17NO4/c1-11(7-13)3-2-8(11)6-9(14)12-4-5-16-10(12)15/h8,13H,2-7H2,1H3/t8-,11-/m0/s1. The zero-order chi connectivity index (χ0) is 11.8. The van der Waals surface area contributed by atoms with E-state index in [0.717, 1.165) is 17.7 Å². The number of aliphatic hydroxyl groups excluding tert-OH is 1. The smallest absolute Gasteiger partial charge is 0.416 e. The number of carbonyl (C=O) groups excluding carboxylic acids is 2. The van der Waals surface area contributed by atoms with E-state index in [0.29, 0.717) is 19.6 Å². The minimum absolute atomic E-state index is 0.107. The number of hydrogen-bond donors (Lipinski definition) is 1. The van der Waals surface area contributed by atoms with Crippen molar-refractivity contribution in [2.75, 3.05) is 19.8 Å². The average molecular weight is 227 g/mol. The van der Waals surface area contributed by atoms with Gasteiger partial charge in [-0.2, -0.15) is 0 Å². The van der Waals surface area contributed by atoms with E-state index >= 15 is 0 Å². The summed E-state index contributed by atoms with van der Waals surface area (Å²) >= 11 is 0. The fraction of sp³-hybridized carbons (Fsp3) is 0.818. The highest BCUT2D eigenvalue weighted by Crippen LogP contribution is 2.48. The predicted octanol–water partition coefficient (Wildman–Crippen LogP) is 0.764. The molecule has 0 aromatic rings. The molecule has 1 aliphatic carbocycles. The normalized spacial score (nSPS) is 33.5. The zero-order valence-electron chi connectivity index (χ0n) is 9.44. The maximum absolute atomic E-state index is 11.8. The SMILES string of the molecule is C[C@@]1(CO)CC[C@H]1CC(=O)N1CCOC1=O. The zero-order valence-corrected chi connectivity index (χ0v) is 9.44. The van der Waals surface area contributed by atoms with Crippen molar-refractivity contribution in [1.29, 1.82) is 0 Å². The molecule has 2 fully saturated rings. The van der Waals surface area contributed by atoms with Crippen LogP contribution >= 0.6 is 0 Å². The summed E-state index contributed by atoms with van der Waals surface area (Å²) in [4.78, 5) is 24.1. The van der Waals surface area contributed by atoms with Crippen molar-refractivity contribution in [3.63, 3.8) is 0 Å². The molecule has 2 amide bonds. The number of cyclic esters (lactones) is 1. The van der Waals surface area contributed by atoms with Crippen LogP contribution in [0.2, 0.25) is 0 Å². The van der Waals surface area contributed by atoms with Crippen LogP contribution in [0.3, 0.4) is 0 Å². The van der Waals surface area contributed by atoms with Gasteiger partial charge in [-0.05, 0) is 24.2 Å². The molecule has 0 radical (unpaired) electrons. The van der Waals surface area contributed by atoms with Crippen LogP contribution in [-0.2, 0) is 9.53 Å². The molecule has 0 unspecified atom stereocenters. The molecule has 0 aromatic carbocycles. The molecule has 2 atom stereocenters. The van der Waals surface area contributed by atoms with Gasteiger partial charge in [-0.25, -0.2) is 9.69 Å². The second kappa shape index (κ2) is 4.05. The number of imide groups is 1. The highest BCUT2D eigenvalue weighted by Gasteiger charge is 2.44. The van der Waals surface area contributed by atoms with Gasteiger partial charge in [0.05, 0.1) is 6.54 Å². The van der Waals surface area contributed by atoms with Crippen molar-refractivity contribution in [1.82, 2.24) is 4.90 Å². The van der Waals surface area contributed by atoms with E-state index in [4.69, 9.17) is 4.74 Å². The Morgan fingerprint density at radius 2 is 2.44 bits per heavy atom. The summed E-state index contributed by atoms with van der Waals surface area (Å²) in [6, 6.07) is 0. The Balaban J connectivity index is 1.90. The van der Waals surface area contributed by atoms with Crippen molar-refractivity contribution in [3.05, 3.63) is 0 Å². The summed E-state index contributed by atoms with van der Waals surface area (Å²) < 4.78 is 4.71. The predicted molar refractivity (Wildman–Crippen MR) is 55.6 cm³/mol. The second-order valence-corrected chi connectivity index (χ2v) is 4.91. The number of hydrogen-bond acceptors (Lipinski definition) is 4. The van der Waals surface area contributed by atoms with E-state index in [1.165, 1.54) is 0 Å². The monoisotopic (exact) mass is 227 g/mol. The fourth-order valence-corrected chi connectivity index (χ4v) is 2.34. The molecule has 1 saturated heterocycles. The summed E-state index contributed by atoms with van der Waals surface area (Å²) in [7, 11) is 0. The fourth-order valence-electron chi connectivity index (χ4n) is 2.34. The van der Waals surface area contributed by atoms with Gasteiger partial charge in [0.1, 0.15) is 6.61 Å². The first-order valence-electron chi connectivity index (χ1n) is 5.65. The van der Waals surface area contributed by atoms with Crippen LogP contribution < -0.4 is 0 Å². The molecule has 0 aromatic heterocycles. The molecule has 1 aliphatic heterocycles. The minimum atomic E-state index is -0.532. The lowest BCUT2D eigenvalue weighted by atomic mass is 9.60. The van der Waals surface area contributed by atoms with E-state index in [-0.39, 0.29) is 23.8 Å². The Bertz CT molecular complexity index is 313. The maximum atomic E-state index is 11.8. The first-order valence-corrected chi connectivity index (χ1v) is 5.65. The quantitative estimate of drug-likeness (QED) is 0.773.